The Morgan fingerprint density at radius 2 is 2.09 bits per heavy atom. The Hall–Kier alpha value is -1.16. The normalized spacial score (nSPS) is 27.5. The van der Waals surface area contributed by atoms with E-state index >= 15 is 0 Å². The summed E-state index contributed by atoms with van der Waals surface area (Å²) < 4.78 is 0. The first kappa shape index (κ1) is 17.2. The van der Waals surface area contributed by atoms with Crippen molar-refractivity contribution in [2.45, 2.75) is 64.8 Å². The van der Waals surface area contributed by atoms with Gasteiger partial charge in [0.25, 0.3) is 0 Å². The highest BCUT2D eigenvalue weighted by molar-refractivity contribution is 6.00. The fourth-order valence-electron chi connectivity index (χ4n) is 3.71. The maximum atomic E-state index is 12.7. The molecule has 4 heteroatoms. The van der Waals surface area contributed by atoms with Crippen LogP contribution in [0.4, 0.5) is 0 Å². The standard InChI is InChI=1S/C18H31N3O/c1-13(2)12-18(3)16(22)10-15(11-17(19)21-18)5-4-14-6-8-20-9-7-14/h11,13-14,20H,4-10,12H2,1-3H3,(H2,19,21). The number of amidine groups is 1. The van der Waals surface area contributed by atoms with Crippen molar-refractivity contribution in [3.8, 4) is 0 Å². The van der Waals surface area contributed by atoms with Gasteiger partial charge in [0.05, 0.1) is 0 Å². The monoisotopic (exact) mass is 305 g/mol. The summed E-state index contributed by atoms with van der Waals surface area (Å²) in [5.74, 6) is 1.95. The smallest absolute Gasteiger partial charge is 0.164 e. The predicted octanol–water partition coefficient (Wildman–Crippen LogP) is 2.83. The van der Waals surface area contributed by atoms with E-state index in [1.165, 1.54) is 12.8 Å². The number of nitrogens with zero attached hydrogens (tertiary/aromatic N) is 1. The number of aliphatic imine (C=N–C) groups is 1. The van der Waals surface area contributed by atoms with Gasteiger partial charge in [0.2, 0.25) is 0 Å². The highest BCUT2D eigenvalue weighted by Gasteiger charge is 2.35. The molecule has 0 amide bonds. The van der Waals surface area contributed by atoms with E-state index in [1.54, 1.807) is 0 Å². The van der Waals surface area contributed by atoms with Crippen LogP contribution < -0.4 is 11.1 Å². The molecular formula is C18H31N3O. The third-order valence-electron chi connectivity index (χ3n) is 4.85. The molecule has 0 saturated carbocycles. The molecule has 0 aliphatic carbocycles. The van der Waals surface area contributed by atoms with Crippen molar-refractivity contribution in [1.82, 2.24) is 5.32 Å². The Bertz CT molecular complexity index is 461. The molecule has 0 aromatic rings. The van der Waals surface area contributed by atoms with Crippen molar-refractivity contribution in [3.63, 3.8) is 0 Å². The lowest BCUT2D eigenvalue weighted by atomic mass is 9.84. The van der Waals surface area contributed by atoms with E-state index < -0.39 is 5.54 Å². The molecule has 22 heavy (non-hydrogen) atoms. The van der Waals surface area contributed by atoms with Crippen LogP contribution in [0.25, 0.3) is 0 Å². The second kappa shape index (κ2) is 7.40. The van der Waals surface area contributed by atoms with Crippen LogP contribution in [0.5, 0.6) is 0 Å². The number of ketones is 1. The molecule has 4 nitrogen and oxygen atoms in total. The number of carbonyl (C=O) groups excluding carboxylic acids is 1. The van der Waals surface area contributed by atoms with Gasteiger partial charge in [-0.15, -0.1) is 0 Å². The summed E-state index contributed by atoms with van der Waals surface area (Å²) in [6.07, 6.45) is 7.86. The molecule has 1 unspecified atom stereocenters. The summed E-state index contributed by atoms with van der Waals surface area (Å²) >= 11 is 0. The molecule has 0 aromatic carbocycles. The number of Topliss-reactive ketones (excluding diaryl/α,β-unsaturated/α-hetero) is 1. The zero-order valence-corrected chi connectivity index (χ0v) is 14.3. The molecule has 0 radical (unpaired) electrons. The summed E-state index contributed by atoms with van der Waals surface area (Å²) in [6, 6.07) is 0. The molecule has 1 fully saturated rings. The number of nitrogens with one attached hydrogen (secondary N) is 1. The zero-order valence-electron chi connectivity index (χ0n) is 14.3. The van der Waals surface area contributed by atoms with Gasteiger partial charge >= 0.3 is 0 Å². The topological polar surface area (TPSA) is 67.5 Å². The van der Waals surface area contributed by atoms with Gasteiger partial charge in [0, 0.05) is 6.42 Å². The van der Waals surface area contributed by atoms with Crippen LogP contribution >= 0.6 is 0 Å². The lowest BCUT2D eigenvalue weighted by Gasteiger charge is -2.25. The predicted molar refractivity (Wildman–Crippen MR) is 92.0 cm³/mol. The van der Waals surface area contributed by atoms with Crippen LogP contribution in [0, 0.1) is 11.8 Å². The average molecular weight is 305 g/mol. The van der Waals surface area contributed by atoms with Crippen molar-refractivity contribution >= 4 is 11.6 Å². The molecule has 1 saturated heterocycles. The lowest BCUT2D eigenvalue weighted by molar-refractivity contribution is -0.123. The third kappa shape index (κ3) is 4.67. The fourth-order valence-corrected chi connectivity index (χ4v) is 3.71. The summed E-state index contributed by atoms with van der Waals surface area (Å²) in [5.41, 5.74) is 6.58. The first-order chi connectivity index (χ1) is 10.4. The Labute approximate surface area is 134 Å². The first-order valence-corrected chi connectivity index (χ1v) is 8.68. The minimum atomic E-state index is -0.648. The molecule has 2 aliphatic heterocycles. The van der Waals surface area contributed by atoms with Gasteiger partial charge in [0.1, 0.15) is 11.4 Å². The van der Waals surface area contributed by atoms with E-state index in [-0.39, 0.29) is 5.78 Å². The van der Waals surface area contributed by atoms with Gasteiger partial charge in [-0.05, 0) is 70.0 Å². The largest absolute Gasteiger partial charge is 0.384 e. The maximum Gasteiger partial charge on any atom is 0.164 e. The SMILES string of the molecule is CC(C)CC1(C)N=C(N)C=C(CCC2CCNCC2)CC1=O. The average Bonchev–Trinajstić information content (AvgIpc) is 2.54. The van der Waals surface area contributed by atoms with Crippen LogP contribution in [0.2, 0.25) is 0 Å². The van der Waals surface area contributed by atoms with E-state index in [2.05, 4.69) is 24.2 Å². The van der Waals surface area contributed by atoms with Crippen LogP contribution in [-0.4, -0.2) is 30.2 Å². The molecule has 0 spiro atoms. The van der Waals surface area contributed by atoms with Crippen molar-refractivity contribution < 1.29 is 4.79 Å². The van der Waals surface area contributed by atoms with Crippen molar-refractivity contribution in [3.05, 3.63) is 11.6 Å². The maximum absolute atomic E-state index is 12.7. The lowest BCUT2D eigenvalue weighted by Crippen LogP contribution is -2.35. The van der Waals surface area contributed by atoms with E-state index in [0.717, 1.165) is 43.8 Å². The molecule has 2 rings (SSSR count). The summed E-state index contributed by atoms with van der Waals surface area (Å²) in [4.78, 5) is 17.2. The number of piperidine rings is 1. The van der Waals surface area contributed by atoms with Crippen molar-refractivity contribution in [2.24, 2.45) is 22.6 Å². The number of nitrogens with two attached hydrogens (primary N) is 1. The van der Waals surface area contributed by atoms with Gasteiger partial charge in [-0.3, -0.25) is 9.79 Å². The Morgan fingerprint density at radius 1 is 1.41 bits per heavy atom. The second-order valence-electron chi connectivity index (χ2n) is 7.54. The molecule has 2 aliphatic rings. The molecule has 124 valence electrons. The summed E-state index contributed by atoms with van der Waals surface area (Å²) in [7, 11) is 0. The minimum absolute atomic E-state index is 0.221. The van der Waals surface area contributed by atoms with Crippen LogP contribution in [0.3, 0.4) is 0 Å². The molecule has 3 N–H and O–H groups in total. The Morgan fingerprint density at radius 3 is 2.73 bits per heavy atom. The van der Waals surface area contributed by atoms with Gasteiger partial charge in [-0.25, -0.2) is 0 Å². The fraction of sp³-hybridized carbons (Fsp3) is 0.778. The van der Waals surface area contributed by atoms with E-state index in [9.17, 15) is 4.79 Å². The number of carbonyl (C=O) groups is 1. The van der Waals surface area contributed by atoms with Gasteiger partial charge in [0.15, 0.2) is 5.78 Å². The van der Waals surface area contributed by atoms with E-state index in [4.69, 9.17) is 5.73 Å². The summed E-state index contributed by atoms with van der Waals surface area (Å²) in [5, 5.41) is 3.40. The van der Waals surface area contributed by atoms with Crippen molar-refractivity contribution in [1.29, 1.82) is 0 Å². The first-order valence-electron chi connectivity index (χ1n) is 8.68. The van der Waals surface area contributed by atoms with E-state index in [0.29, 0.717) is 18.2 Å². The molecule has 0 aromatic heterocycles. The zero-order chi connectivity index (χ0) is 16.2. The minimum Gasteiger partial charge on any atom is -0.384 e. The van der Waals surface area contributed by atoms with Crippen molar-refractivity contribution in [2.75, 3.05) is 13.1 Å². The van der Waals surface area contributed by atoms with Gasteiger partial charge in [-0.2, -0.15) is 0 Å². The number of allylic oxidation sites excluding steroid dienone is 1. The molecule has 0 bridgehead atoms. The number of hydrogen-bond acceptors (Lipinski definition) is 4. The summed E-state index contributed by atoms with van der Waals surface area (Å²) in [6.45, 7) is 8.43. The quantitative estimate of drug-likeness (QED) is 0.820. The number of rotatable bonds is 5. The highest BCUT2D eigenvalue weighted by Crippen LogP contribution is 2.30. The van der Waals surface area contributed by atoms with Crippen LogP contribution in [-0.2, 0) is 4.79 Å². The molecular weight excluding hydrogens is 274 g/mol. The second-order valence-corrected chi connectivity index (χ2v) is 7.54. The highest BCUT2D eigenvalue weighted by atomic mass is 16.1. The Kier molecular flexibility index (Phi) is 5.79. The molecule has 2 heterocycles. The van der Waals surface area contributed by atoms with Crippen LogP contribution in [0.1, 0.15) is 59.3 Å². The van der Waals surface area contributed by atoms with Crippen LogP contribution in [0.15, 0.2) is 16.6 Å². The molecule has 1 atom stereocenters. The number of hydrogen-bond donors (Lipinski definition) is 2. The van der Waals surface area contributed by atoms with E-state index in [1.807, 2.05) is 13.0 Å². The van der Waals surface area contributed by atoms with Gasteiger partial charge in [-0.1, -0.05) is 19.4 Å². The van der Waals surface area contributed by atoms with Gasteiger partial charge < -0.3 is 11.1 Å². The Balaban J connectivity index is 1.98. The third-order valence-corrected chi connectivity index (χ3v) is 4.85.